The molecule has 4 heteroatoms. The first kappa shape index (κ1) is 12.1. The molecule has 1 rings (SSSR count). The number of ether oxygens (including phenoxy) is 2. The summed E-state index contributed by atoms with van der Waals surface area (Å²) in [4.78, 5) is 11.1. The van der Waals surface area contributed by atoms with E-state index < -0.39 is 12.1 Å². The molecule has 84 valence electrons. The van der Waals surface area contributed by atoms with E-state index in [1.807, 2.05) is 0 Å². The van der Waals surface area contributed by atoms with Gasteiger partial charge in [0.15, 0.2) is 0 Å². The van der Waals surface area contributed by atoms with E-state index in [-0.39, 0.29) is 6.61 Å². The first-order valence-corrected chi connectivity index (χ1v) is 4.62. The van der Waals surface area contributed by atoms with Crippen LogP contribution in [0.15, 0.2) is 24.3 Å². The molecular weight excluding hydrogens is 208 g/mol. The summed E-state index contributed by atoms with van der Waals surface area (Å²) >= 11 is 0. The fourth-order valence-corrected chi connectivity index (χ4v) is 1.03. The van der Waals surface area contributed by atoms with E-state index in [2.05, 4.69) is 10.7 Å². The number of methoxy groups -OCH3 is 1. The van der Waals surface area contributed by atoms with Crippen LogP contribution in [0.1, 0.15) is 10.4 Å². The van der Waals surface area contributed by atoms with Crippen LogP contribution < -0.4 is 4.74 Å². The maximum absolute atomic E-state index is 11.1. The van der Waals surface area contributed by atoms with E-state index >= 15 is 0 Å². The summed E-state index contributed by atoms with van der Waals surface area (Å²) in [6.45, 7) is 0.0219. The highest BCUT2D eigenvalue weighted by atomic mass is 16.5. The van der Waals surface area contributed by atoms with Crippen LogP contribution in [-0.2, 0) is 4.74 Å². The second kappa shape index (κ2) is 5.79. The smallest absolute Gasteiger partial charge is 0.337 e. The Bertz CT molecular complexity index is 388. The van der Waals surface area contributed by atoms with Gasteiger partial charge in [0.25, 0.3) is 0 Å². The first-order chi connectivity index (χ1) is 7.67. The highest BCUT2D eigenvalue weighted by molar-refractivity contribution is 5.89. The van der Waals surface area contributed by atoms with Crippen molar-refractivity contribution in [3.63, 3.8) is 0 Å². The number of carbonyl (C=O) groups excluding carboxylic acids is 1. The topological polar surface area (TPSA) is 55.8 Å². The molecule has 0 aromatic heterocycles. The third kappa shape index (κ3) is 3.30. The maximum atomic E-state index is 11.1. The SMILES string of the molecule is C#C[C@@H](O)COc1ccc(C(=O)OC)cc1. The van der Waals surface area contributed by atoms with Gasteiger partial charge >= 0.3 is 5.97 Å². The van der Waals surface area contributed by atoms with Gasteiger partial charge in [-0.3, -0.25) is 0 Å². The van der Waals surface area contributed by atoms with Crippen molar-refractivity contribution in [2.75, 3.05) is 13.7 Å². The number of aliphatic hydroxyl groups excluding tert-OH is 1. The molecule has 1 atom stereocenters. The van der Waals surface area contributed by atoms with Crippen LogP contribution in [0.3, 0.4) is 0 Å². The average Bonchev–Trinajstić information content (AvgIpc) is 2.35. The van der Waals surface area contributed by atoms with Crippen LogP contribution in [0.25, 0.3) is 0 Å². The predicted molar refractivity (Wildman–Crippen MR) is 58.1 cm³/mol. The lowest BCUT2D eigenvalue weighted by molar-refractivity contribution is 0.0600. The Balaban J connectivity index is 2.59. The number of esters is 1. The molecular formula is C12H12O4. The zero-order chi connectivity index (χ0) is 12.0. The lowest BCUT2D eigenvalue weighted by Crippen LogP contribution is -2.14. The standard InChI is InChI=1S/C12H12O4/c1-3-10(13)8-16-11-6-4-9(5-7-11)12(14)15-2/h1,4-7,10,13H,8H2,2H3/t10-/m1/s1. The van der Waals surface area contributed by atoms with E-state index in [0.29, 0.717) is 11.3 Å². The fraction of sp³-hybridized carbons (Fsp3) is 0.250. The van der Waals surface area contributed by atoms with Crippen molar-refractivity contribution < 1.29 is 19.4 Å². The molecule has 1 aromatic carbocycles. The number of hydrogen-bond donors (Lipinski definition) is 1. The molecule has 0 saturated carbocycles. The summed E-state index contributed by atoms with van der Waals surface area (Å²) in [6.07, 6.45) is 4.05. The van der Waals surface area contributed by atoms with Crippen molar-refractivity contribution >= 4 is 5.97 Å². The number of hydrogen-bond acceptors (Lipinski definition) is 4. The van der Waals surface area contributed by atoms with Gasteiger partial charge in [0.1, 0.15) is 18.5 Å². The minimum Gasteiger partial charge on any atom is -0.490 e. The average molecular weight is 220 g/mol. The summed E-state index contributed by atoms with van der Waals surface area (Å²) < 4.78 is 9.73. The summed E-state index contributed by atoms with van der Waals surface area (Å²) in [5.74, 6) is 2.25. The maximum Gasteiger partial charge on any atom is 0.337 e. The van der Waals surface area contributed by atoms with Crippen molar-refractivity contribution in [1.29, 1.82) is 0 Å². The molecule has 1 N–H and O–H groups in total. The monoisotopic (exact) mass is 220 g/mol. The van der Waals surface area contributed by atoms with E-state index in [0.717, 1.165) is 0 Å². The number of aliphatic hydroxyl groups is 1. The molecule has 16 heavy (non-hydrogen) atoms. The van der Waals surface area contributed by atoms with Crippen LogP contribution in [0.4, 0.5) is 0 Å². The van der Waals surface area contributed by atoms with Gasteiger partial charge in [-0.15, -0.1) is 6.42 Å². The fourth-order valence-electron chi connectivity index (χ4n) is 1.03. The molecule has 0 unspecified atom stereocenters. The molecule has 0 amide bonds. The van der Waals surface area contributed by atoms with Gasteiger partial charge < -0.3 is 14.6 Å². The molecule has 0 bridgehead atoms. The molecule has 0 radical (unpaired) electrons. The number of terminal acetylenes is 1. The summed E-state index contributed by atoms with van der Waals surface area (Å²) in [7, 11) is 1.32. The first-order valence-electron chi connectivity index (χ1n) is 4.62. The Morgan fingerprint density at radius 3 is 2.62 bits per heavy atom. The Hall–Kier alpha value is -1.99. The molecule has 1 aromatic rings. The Kier molecular flexibility index (Phi) is 4.37. The minimum absolute atomic E-state index is 0.0219. The van der Waals surface area contributed by atoms with Gasteiger partial charge in [-0.2, -0.15) is 0 Å². The number of benzene rings is 1. The van der Waals surface area contributed by atoms with Gasteiger partial charge in [0.2, 0.25) is 0 Å². The van der Waals surface area contributed by atoms with Crippen molar-refractivity contribution in [2.24, 2.45) is 0 Å². The zero-order valence-electron chi connectivity index (χ0n) is 8.84. The zero-order valence-corrected chi connectivity index (χ0v) is 8.84. The van der Waals surface area contributed by atoms with E-state index in [1.54, 1.807) is 24.3 Å². The third-order valence-corrected chi connectivity index (χ3v) is 1.88. The molecule has 0 aliphatic heterocycles. The van der Waals surface area contributed by atoms with Crippen molar-refractivity contribution in [3.05, 3.63) is 29.8 Å². The van der Waals surface area contributed by atoms with Crippen LogP contribution in [0.2, 0.25) is 0 Å². The molecule has 4 nitrogen and oxygen atoms in total. The highest BCUT2D eigenvalue weighted by Gasteiger charge is 2.05. The molecule has 0 heterocycles. The normalized spacial score (nSPS) is 11.3. The number of rotatable bonds is 4. The van der Waals surface area contributed by atoms with Gasteiger partial charge in [-0.1, -0.05) is 5.92 Å². The van der Waals surface area contributed by atoms with Crippen molar-refractivity contribution in [2.45, 2.75) is 6.10 Å². The molecule has 0 fully saturated rings. The Labute approximate surface area is 93.8 Å². The molecule has 0 saturated heterocycles. The third-order valence-electron chi connectivity index (χ3n) is 1.88. The lowest BCUT2D eigenvalue weighted by Gasteiger charge is -2.07. The Morgan fingerprint density at radius 2 is 2.12 bits per heavy atom. The second-order valence-corrected chi connectivity index (χ2v) is 3.01. The van der Waals surface area contributed by atoms with Crippen LogP contribution in [0.5, 0.6) is 5.75 Å². The largest absolute Gasteiger partial charge is 0.490 e. The Morgan fingerprint density at radius 1 is 1.50 bits per heavy atom. The van der Waals surface area contributed by atoms with Crippen LogP contribution in [0, 0.1) is 12.3 Å². The summed E-state index contributed by atoms with van der Waals surface area (Å²) in [5.41, 5.74) is 0.437. The van der Waals surface area contributed by atoms with E-state index in [4.69, 9.17) is 16.3 Å². The molecule has 0 aliphatic carbocycles. The summed E-state index contributed by atoms with van der Waals surface area (Å²) in [6, 6.07) is 6.36. The lowest BCUT2D eigenvalue weighted by atomic mass is 10.2. The van der Waals surface area contributed by atoms with Crippen LogP contribution in [-0.4, -0.2) is 30.9 Å². The van der Waals surface area contributed by atoms with Crippen molar-refractivity contribution in [3.8, 4) is 18.1 Å². The minimum atomic E-state index is -0.930. The summed E-state index contributed by atoms with van der Waals surface area (Å²) in [5, 5.41) is 9.06. The predicted octanol–water partition coefficient (Wildman–Crippen LogP) is 0.846. The molecule has 0 aliphatic rings. The highest BCUT2D eigenvalue weighted by Crippen LogP contribution is 2.12. The van der Waals surface area contributed by atoms with E-state index in [1.165, 1.54) is 7.11 Å². The van der Waals surface area contributed by atoms with Gasteiger partial charge in [0, 0.05) is 0 Å². The van der Waals surface area contributed by atoms with Crippen LogP contribution >= 0.6 is 0 Å². The molecule has 0 spiro atoms. The van der Waals surface area contributed by atoms with E-state index in [9.17, 15) is 4.79 Å². The van der Waals surface area contributed by atoms with Crippen molar-refractivity contribution in [1.82, 2.24) is 0 Å². The quantitative estimate of drug-likeness (QED) is 0.603. The van der Waals surface area contributed by atoms with Gasteiger partial charge in [-0.25, -0.2) is 4.79 Å². The second-order valence-electron chi connectivity index (χ2n) is 3.01. The van der Waals surface area contributed by atoms with Gasteiger partial charge in [0.05, 0.1) is 12.7 Å². The van der Waals surface area contributed by atoms with Gasteiger partial charge in [-0.05, 0) is 24.3 Å². The number of carbonyl (C=O) groups is 1.